The van der Waals surface area contributed by atoms with Gasteiger partial charge in [-0.05, 0) is 30.7 Å². The van der Waals surface area contributed by atoms with E-state index in [0.29, 0.717) is 11.3 Å². The molecular formula is C13H12F2N2O2. The first-order valence-corrected chi connectivity index (χ1v) is 5.62. The molecule has 1 heterocycles. The van der Waals surface area contributed by atoms with Gasteiger partial charge >= 0.3 is 5.97 Å². The third-order valence-electron chi connectivity index (χ3n) is 2.71. The van der Waals surface area contributed by atoms with E-state index < -0.39 is 23.8 Å². The van der Waals surface area contributed by atoms with Gasteiger partial charge in [-0.15, -0.1) is 0 Å². The van der Waals surface area contributed by atoms with Crippen molar-refractivity contribution >= 4 is 11.7 Å². The zero-order valence-corrected chi connectivity index (χ0v) is 10.2. The van der Waals surface area contributed by atoms with E-state index >= 15 is 0 Å². The first-order chi connectivity index (χ1) is 8.97. The number of allylic oxidation sites excluding steroid dienone is 1. The molecule has 1 aliphatic rings. The number of carbonyl (C=O) groups is 1. The van der Waals surface area contributed by atoms with Crippen molar-refractivity contribution in [3.63, 3.8) is 0 Å². The maximum Gasteiger partial charge on any atom is 0.323 e. The Morgan fingerprint density at radius 2 is 2.16 bits per heavy atom. The Morgan fingerprint density at radius 3 is 2.79 bits per heavy atom. The normalized spacial score (nSPS) is 18.4. The quantitative estimate of drug-likeness (QED) is 0.913. The lowest BCUT2D eigenvalue weighted by molar-refractivity contribution is -0.138. The molecule has 1 aromatic rings. The standard InChI is InChI=1S/C13H12F2N2O2/c1-8-4-5-17(7-12(18)19)13(16-8)9-2-3-10(14)11(15)6-9/h2-6,13H,7H2,1H3,(H,18,19). The fourth-order valence-electron chi connectivity index (χ4n) is 1.83. The molecule has 6 heteroatoms. The number of benzene rings is 1. The van der Waals surface area contributed by atoms with E-state index in [4.69, 9.17) is 5.11 Å². The van der Waals surface area contributed by atoms with Crippen LogP contribution in [0.25, 0.3) is 0 Å². The molecule has 0 aliphatic carbocycles. The Hall–Kier alpha value is -2.24. The van der Waals surface area contributed by atoms with Crippen LogP contribution in [0.5, 0.6) is 0 Å². The Labute approximate surface area is 108 Å². The molecule has 1 aromatic carbocycles. The number of hydrogen-bond acceptors (Lipinski definition) is 3. The second kappa shape index (κ2) is 5.17. The molecule has 4 nitrogen and oxygen atoms in total. The molecule has 0 spiro atoms. The highest BCUT2D eigenvalue weighted by atomic mass is 19.2. The second-order valence-electron chi connectivity index (χ2n) is 4.20. The van der Waals surface area contributed by atoms with Gasteiger partial charge in [0.2, 0.25) is 0 Å². The van der Waals surface area contributed by atoms with Crippen molar-refractivity contribution in [1.82, 2.24) is 4.90 Å². The minimum atomic E-state index is -1.02. The van der Waals surface area contributed by atoms with Crippen molar-refractivity contribution in [3.8, 4) is 0 Å². The summed E-state index contributed by atoms with van der Waals surface area (Å²) in [4.78, 5) is 16.5. The highest BCUT2D eigenvalue weighted by Gasteiger charge is 2.22. The van der Waals surface area contributed by atoms with Crippen molar-refractivity contribution in [2.24, 2.45) is 4.99 Å². The fraction of sp³-hybridized carbons (Fsp3) is 0.231. The van der Waals surface area contributed by atoms with E-state index in [2.05, 4.69) is 4.99 Å². The van der Waals surface area contributed by atoms with Crippen molar-refractivity contribution < 1.29 is 18.7 Å². The van der Waals surface area contributed by atoms with Crippen molar-refractivity contribution in [2.75, 3.05) is 6.54 Å². The van der Waals surface area contributed by atoms with Crippen molar-refractivity contribution in [1.29, 1.82) is 0 Å². The third-order valence-corrected chi connectivity index (χ3v) is 2.71. The molecule has 0 fully saturated rings. The topological polar surface area (TPSA) is 52.9 Å². The molecule has 2 rings (SSSR count). The van der Waals surface area contributed by atoms with E-state index in [9.17, 15) is 13.6 Å². The van der Waals surface area contributed by atoms with Gasteiger partial charge in [0, 0.05) is 11.9 Å². The molecule has 1 unspecified atom stereocenters. The minimum absolute atomic E-state index is 0.267. The van der Waals surface area contributed by atoms with E-state index in [1.807, 2.05) is 0 Å². The Kier molecular flexibility index (Phi) is 3.59. The smallest absolute Gasteiger partial charge is 0.323 e. The van der Waals surface area contributed by atoms with Gasteiger partial charge in [-0.1, -0.05) is 6.07 Å². The van der Waals surface area contributed by atoms with Gasteiger partial charge in [0.25, 0.3) is 0 Å². The van der Waals surface area contributed by atoms with E-state index in [-0.39, 0.29) is 6.54 Å². The fourth-order valence-corrected chi connectivity index (χ4v) is 1.83. The highest BCUT2D eigenvalue weighted by Crippen LogP contribution is 2.26. The summed E-state index contributed by atoms with van der Waals surface area (Å²) in [5.41, 5.74) is 1.10. The largest absolute Gasteiger partial charge is 0.480 e. The van der Waals surface area contributed by atoms with Crippen LogP contribution in [-0.4, -0.2) is 28.2 Å². The predicted molar refractivity (Wildman–Crippen MR) is 65.7 cm³/mol. The van der Waals surface area contributed by atoms with Gasteiger partial charge in [0.1, 0.15) is 12.7 Å². The van der Waals surface area contributed by atoms with Crippen LogP contribution in [-0.2, 0) is 4.79 Å². The summed E-state index contributed by atoms with van der Waals surface area (Å²) >= 11 is 0. The van der Waals surface area contributed by atoms with E-state index in [1.54, 1.807) is 19.2 Å². The summed E-state index contributed by atoms with van der Waals surface area (Å²) in [5, 5.41) is 8.84. The summed E-state index contributed by atoms with van der Waals surface area (Å²) in [6, 6.07) is 3.44. The Morgan fingerprint density at radius 1 is 1.42 bits per heavy atom. The summed E-state index contributed by atoms with van der Waals surface area (Å²) in [6.45, 7) is 1.48. The number of rotatable bonds is 3. The number of carboxylic acid groups (broad SMARTS) is 1. The second-order valence-corrected chi connectivity index (χ2v) is 4.20. The number of aliphatic imine (C=N–C) groups is 1. The first kappa shape index (κ1) is 13.2. The maximum absolute atomic E-state index is 13.2. The monoisotopic (exact) mass is 266 g/mol. The minimum Gasteiger partial charge on any atom is -0.480 e. The van der Waals surface area contributed by atoms with Crippen LogP contribution >= 0.6 is 0 Å². The molecule has 0 bridgehead atoms. The van der Waals surface area contributed by atoms with Crippen molar-refractivity contribution in [2.45, 2.75) is 13.1 Å². The number of hydrogen-bond donors (Lipinski definition) is 1. The summed E-state index contributed by atoms with van der Waals surface area (Å²) in [5.74, 6) is -2.94. The summed E-state index contributed by atoms with van der Waals surface area (Å²) < 4.78 is 26.2. The van der Waals surface area contributed by atoms with Gasteiger partial charge in [0.05, 0.1) is 0 Å². The average molecular weight is 266 g/mol. The number of aliphatic carboxylic acids is 1. The molecule has 0 saturated carbocycles. The first-order valence-electron chi connectivity index (χ1n) is 5.62. The Balaban J connectivity index is 2.35. The van der Waals surface area contributed by atoms with Gasteiger partial charge in [-0.3, -0.25) is 9.79 Å². The van der Waals surface area contributed by atoms with Crippen LogP contribution in [0.2, 0.25) is 0 Å². The number of halogens is 2. The van der Waals surface area contributed by atoms with Gasteiger partial charge in [-0.25, -0.2) is 8.78 Å². The van der Waals surface area contributed by atoms with Crippen LogP contribution in [0.1, 0.15) is 18.7 Å². The molecule has 1 aliphatic heterocycles. The van der Waals surface area contributed by atoms with Crippen LogP contribution in [0, 0.1) is 11.6 Å². The Bertz CT molecular complexity index is 570. The van der Waals surface area contributed by atoms with Gasteiger partial charge < -0.3 is 10.0 Å². The molecule has 100 valence electrons. The lowest BCUT2D eigenvalue weighted by Gasteiger charge is -2.29. The zero-order valence-electron chi connectivity index (χ0n) is 10.2. The van der Waals surface area contributed by atoms with Crippen LogP contribution in [0.4, 0.5) is 8.78 Å². The van der Waals surface area contributed by atoms with Gasteiger partial charge in [0.15, 0.2) is 11.6 Å². The zero-order chi connectivity index (χ0) is 14.0. The molecule has 0 aromatic heterocycles. The number of nitrogens with zero attached hydrogens (tertiary/aromatic N) is 2. The summed E-state index contributed by atoms with van der Waals surface area (Å²) in [6.07, 6.45) is 2.60. The van der Waals surface area contributed by atoms with Crippen LogP contribution in [0.15, 0.2) is 35.5 Å². The molecule has 0 amide bonds. The lowest BCUT2D eigenvalue weighted by Crippen LogP contribution is -2.31. The van der Waals surface area contributed by atoms with Crippen molar-refractivity contribution in [3.05, 3.63) is 47.7 Å². The molecular weight excluding hydrogens is 254 g/mol. The van der Waals surface area contributed by atoms with E-state index in [0.717, 1.165) is 12.1 Å². The third kappa shape index (κ3) is 2.96. The highest BCUT2D eigenvalue weighted by molar-refractivity contribution is 5.93. The number of carboxylic acids is 1. The van der Waals surface area contributed by atoms with Crippen LogP contribution < -0.4 is 0 Å². The average Bonchev–Trinajstić information content (AvgIpc) is 2.34. The molecule has 0 radical (unpaired) electrons. The van der Waals surface area contributed by atoms with Gasteiger partial charge in [-0.2, -0.15) is 0 Å². The van der Waals surface area contributed by atoms with Crippen LogP contribution in [0.3, 0.4) is 0 Å². The lowest BCUT2D eigenvalue weighted by atomic mass is 10.1. The van der Waals surface area contributed by atoms with E-state index in [1.165, 1.54) is 11.0 Å². The maximum atomic E-state index is 13.2. The molecule has 1 N–H and O–H groups in total. The SMILES string of the molecule is CC1=NC(c2ccc(F)c(F)c2)N(CC(=O)O)C=C1. The molecule has 19 heavy (non-hydrogen) atoms. The predicted octanol–water partition coefficient (Wildman–Crippen LogP) is 2.34. The molecule has 1 atom stereocenters. The summed E-state index contributed by atoms with van der Waals surface area (Å²) in [7, 11) is 0. The molecule has 0 saturated heterocycles.